The van der Waals surface area contributed by atoms with Crippen molar-refractivity contribution in [2.75, 3.05) is 26.7 Å². The summed E-state index contributed by atoms with van der Waals surface area (Å²) in [5.41, 5.74) is 2.13. The first-order valence-corrected chi connectivity index (χ1v) is 10.0. The first-order valence-electron chi connectivity index (χ1n) is 10.0. The van der Waals surface area contributed by atoms with Crippen LogP contribution in [0.25, 0.3) is 10.9 Å². The lowest BCUT2D eigenvalue weighted by Gasteiger charge is -2.32. The van der Waals surface area contributed by atoms with E-state index in [1.807, 2.05) is 18.2 Å². The fourth-order valence-electron chi connectivity index (χ4n) is 4.00. The molecule has 0 atom stereocenters. The summed E-state index contributed by atoms with van der Waals surface area (Å²) in [6, 6.07) is 16.1. The third kappa shape index (κ3) is 4.25. The Bertz CT molecular complexity index is 976. The highest BCUT2D eigenvalue weighted by molar-refractivity contribution is 5.78. The number of hydrogen-bond donors (Lipinski definition) is 0. The number of piperidine rings is 1. The quantitative estimate of drug-likeness (QED) is 0.661. The molecule has 0 unspecified atom stereocenters. The highest BCUT2D eigenvalue weighted by atomic mass is 16.5. The Kier molecular flexibility index (Phi) is 5.72. The van der Waals surface area contributed by atoms with Gasteiger partial charge in [-0.2, -0.15) is 0 Å². The average molecular weight is 377 g/mol. The average Bonchev–Trinajstić information content (AvgIpc) is 2.75. The van der Waals surface area contributed by atoms with Crippen LogP contribution >= 0.6 is 0 Å². The fourth-order valence-corrected chi connectivity index (χ4v) is 4.00. The molecule has 1 saturated heterocycles. The molecule has 4 rings (SSSR count). The van der Waals surface area contributed by atoms with Crippen LogP contribution < -0.4 is 10.3 Å². The maximum absolute atomic E-state index is 12.8. The number of benzene rings is 2. The summed E-state index contributed by atoms with van der Waals surface area (Å²) in [5.74, 6) is 1.25. The van der Waals surface area contributed by atoms with Crippen molar-refractivity contribution in [2.24, 2.45) is 5.92 Å². The number of nitrogens with zero attached hydrogens (tertiary/aromatic N) is 3. The maximum atomic E-state index is 12.8. The summed E-state index contributed by atoms with van der Waals surface area (Å²) < 4.78 is 7.00. The van der Waals surface area contributed by atoms with Crippen LogP contribution in [0, 0.1) is 5.92 Å². The van der Waals surface area contributed by atoms with Crippen LogP contribution in [-0.2, 0) is 13.0 Å². The van der Waals surface area contributed by atoms with Gasteiger partial charge in [-0.05, 0) is 56.0 Å². The summed E-state index contributed by atoms with van der Waals surface area (Å²) in [4.78, 5) is 19.8. The van der Waals surface area contributed by atoms with Gasteiger partial charge in [-0.1, -0.05) is 30.3 Å². The minimum Gasteiger partial charge on any atom is -0.497 e. The Morgan fingerprint density at radius 2 is 1.89 bits per heavy atom. The van der Waals surface area contributed by atoms with Crippen LogP contribution in [0.15, 0.2) is 59.7 Å². The Labute approximate surface area is 165 Å². The third-order valence-corrected chi connectivity index (χ3v) is 5.75. The first-order chi connectivity index (χ1) is 13.7. The van der Waals surface area contributed by atoms with E-state index >= 15 is 0 Å². The van der Waals surface area contributed by atoms with Crippen molar-refractivity contribution in [3.8, 4) is 5.75 Å². The second-order valence-electron chi connectivity index (χ2n) is 7.61. The van der Waals surface area contributed by atoms with E-state index in [0.29, 0.717) is 16.8 Å². The largest absolute Gasteiger partial charge is 0.497 e. The Balaban J connectivity index is 1.34. The Hall–Kier alpha value is -2.66. The van der Waals surface area contributed by atoms with Crippen molar-refractivity contribution in [1.29, 1.82) is 0 Å². The van der Waals surface area contributed by atoms with Crippen molar-refractivity contribution in [3.63, 3.8) is 0 Å². The number of hydrogen-bond acceptors (Lipinski definition) is 4. The van der Waals surface area contributed by atoms with Gasteiger partial charge in [-0.3, -0.25) is 9.36 Å². The molecular weight excluding hydrogens is 350 g/mol. The molecular formula is C23H27N3O2. The summed E-state index contributed by atoms with van der Waals surface area (Å²) >= 11 is 0. The van der Waals surface area contributed by atoms with Crippen LogP contribution in [0.3, 0.4) is 0 Å². The zero-order valence-corrected chi connectivity index (χ0v) is 16.4. The lowest BCUT2D eigenvalue weighted by molar-refractivity contribution is 0.174. The number of ether oxygens (including phenoxy) is 1. The predicted octanol–water partition coefficient (Wildman–Crippen LogP) is 3.36. The normalized spacial score (nSPS) is 15.8. The molecule has 1 aliphatic heterocycles. The molecule has 0 amide bonds. The molecule has 1 aromatic heterocycles. The second kappa shape index (κ2) is 8.57. The molecule has 1 fully saturated rings. The summed E-state index contributed by atoms with van der Waals surface area (Å²) in [5, 5.41) is 0.656. The molecule has 0 spiro atoms. The Morgan fingerprint density at radius 1 is 1.11 bits per heavy atom. The molecule has 5 nitrogen and oxygen atoms in total. The number of aromatic nitrogens is 2. The van der Waals surface area contributed by atoms with Gasteiger partial charge in [0, 0.05) is 19.2 Å². The predicted molar refractivity (Wildman–Crippen MR) is 112 cm³/mol. The molecule has 0 N–H and O–H groups in total. The maximum Gasteiger partial charge on any atom is 0.261 e. The van der Waals surface area contributed by atoms with Gasteiger partial charge < -0.3 is 9.64 Å². The molecule has 146 valence electrons. The van der Waals surface area contributed by atoms with Gasteiger partial charge in [0.2, 0.25) is 0 Å². The van der Waals surface area contributed by atoms with E-state index in [0.717, 1.165) is 51.2 Å². The van der Waals surface area contributed by atoms with Crippen LogP contribution in [0.2, 0.25) is 0 Å². The molecule has 28 heavy (non-hydrogen) atoms. The molecule has 1 aliphatic rings. The van der Waals surface area contributed by atoms with Crippen molar-refractivity contribution in [3.05, 3.63) is 70.8 Å². The highest BCUT2D eigenvalue weighted by Gasteiger charge is 2.20. The molecule has 0 radical (unpaired) electrons. The number of rotatable bonds is 6. The standard InChI is InChI=1S/C23H27N3O2/c1-28-20-7-8-21-22(15-20)24-17-26(23(21)27)16-19-10-13-25(14-11-19)12-9-18-5-3-2-4-6-18/h2-8,15,17,19H,9-14,16H2,1H3. The zero-order chi connectivity index (χ0) is 19.3. The van der Waals surface area contributed by atoms with Gasteiger partial charge in [0.25, 0.3) is 5.56 Å². The molecule has 0 saturated carbocycles. The van der Waals surface area contributed by atoms with Crippen LogP contribution in [-0.4, -0.2) is 41.2 Å². The Morgan fingerprint density at radius 3 is 2.64 bits per heavy atom. The second-order valence-corrected chi connectivity index (χ2v) is 7.61. The highest BCUT2D eigenvalue weighted by Crippen LogP contribution is 2.20. The molecule has 0 bridgehead atoms. The third-order valence-electron chi connectivity index (χ3n) is 5.75. The summed E-state index contributed by atoms with van der Waals surface area (Å²) in [6.07, 6.45) is 5.04. The van der Waals surface area contributed by atoms with E-state index in [9.17, 15) is 4.79 Å². The first kappa shape index (κ1) is 18.7. The van der Waals surface area contributed by atoms with E-state index in [1.165, 1.54) is 5.56 Å². The molecule has 5 heteroatoms. The van der Waals surface area contributed by atoms with Crippen molar-refractivity contribution < 1.29 is 4.74 Å². The number of fused-ring (bicyclic) bond motifs is 1. The number of likely N-dealkylation sites (tertiary alicyclic amines) is 1. The van der Waals surface area contributed by atoms with Gasteiger partial charge in [0.1, 0.15) is 5.75 Å². The monoisotopic (exact) mass is 377 g/mol. The topological polar surface area (TPSA) is 47.4 Å². The van der Waals surface area contributed by atoms with E-state index in [2.05, 4.69) is 40.2 Å². The van der Waals surface area contributed by atoms with Crippen LogP contribution in [0.4, 0.5) is 0 Å². The molecule has 2 heterocycles. The minimum absolute atomic E-state index is 0.0409. The van der Waals surface area contributed by atoms with Crippen molar-refractivity contribution in [1.82, 2.24) is 14.5 Å². The van der Waals surface area contributed by atoms with Crippen molar-refractivity contribution in [2.45, 2.75) is 25.8 Å². The van der Waals surface area contributed by atoms with E-state index in [1.54, 1.807) is 18.0 Å². The minimum atomic E-state index is 0.0409. The summed E-state index contributed by atoms with van der Waals surface area (Å²) in [7, 11) is 1.62. The number of methoxy groups -OCH3 is 1. The van der Waals surface area contributed by atoms with Crippen molar-refractivity contribution >= 4 is 10.9 Å². The van der Waals surface area contributed by atoms with E-state index < -0.39 is 0 Å². The summed E-state index contributed by atoms with van der Waals surface area (Å²) in [6.45, 7) is 4.06. The van der Waals surface area contributed by atoms with Gasteiger partial charge in [0.05, 0.1) is 24.3 Å². The van der Waals surface area contributed by atoms with Gasteiger partial charge in [-0.15, -0.1) is 0 Å². The van der Waals surface area contributed by atoms with E-state index in [4.69, 9.17) is 4.74 Å². The van der Waals surface area contributed by atoms with Crippen LogP contribution in [0.1, 0.15) is 18.4 Å². The lowest BCUT2D eigenvalue weighted by Crippen LogP contribution is -2.37. The molecule has 3 aromatic rings. The van der Waals surface area contributed by atoms with Crippen LogP contribution in [0.5, 0.6) is 5.75 Å². The van der Waals surface area contributed by atoms with Gasteiger partial charge in [0.15, 0.2) is 0 Å². The van der Waals surface area contributed by atoms with E-state index in [-0.39, 0.29) is 5.56 Å². The SMILES string of the molecule is COc1ccc2c(=O)n(CC3CCN(CCc4ccccc4)CC3)cnc2c1. The van der Waals surface area contributed by atoms with Gasteiger partial charge in [-0.25, -0.2) is 4.98 Å². The van der Waals surface area contributed by atoms with Gasteiger partial charge >= 0.3 is 0 Å². The lowest BCUT2D eigenvalue weighted by atomic mass is 9.96. The molecule has 2 aromatic carbocycles. The zero-order valence-electron chi connectivity index (χ0n) is 16.4. The molecule has 0 aliphatic carbocycles. The fraction of sp³-hybridized carbons (Fsp3) is 0.391. The smallest absolute Gasteiger partial charge is 0.261 e.